The minimum Gasteiger partial charge on any atom is -0.278 e. The largest absolute Gasteiger partial charge is 0.278 e. The molecule has 1 N–H and O–H groups in total. The zero-order valence-electron chi connectivity index (χ0n) is 9.70. The van der Waals surface area contributed by atoms with Crippen LogP contribution in [0.5, 0.6) is 0 Å². The van der Waals surface area contributed by atoms with E-state index < -0.39 is 21.7 Å². The first-order valence-corrected chi connectivity index (χ1v) is 7.88. The number of nitrogens with one attached hydrogen (secondary N) is 1. The van der Waals surface area contributed by atoms with Gasteiger partial charge < -0.3 is 0 Å². The summed E-state index contributed by atoms with van der Waals surface area (Å²) in [6.07, 6.45) is 0. The van der Waals surface area contributed by atoms with Crippen LogP contribution in [-0.4, -0.2) is 8.42 Å². The minimum absolute atomic E-state index is 0.0348. The van der Waals surface area contributed by atoms with Gasteiger partial charge in [0.2, 0.25) is 0 Å². The Morgan fingerprint density at radius 3 is 2.45 bits per heavy atom. The Morgan fingerprint density at radius 2 is 1.80 bits per heavy atom. The number of anilines is 1. The average Bonchev–Trinajstić information content (AvgIpc) is 2.36. The average molecular weight is 383 g/mol. The van der Waals surface area contributed by atoms with E-state index in [1.165, 1.54) is 18.2 Å². The van der Waals surface area contributed by atoms with Gasteiger partial charge in [0.15, 0.2) is 0 Å². The van der Waals surface area contributed by atoms with Crippen LogP contribution in [0.1, 0.15) is 0 Å². The summed E-state index contributed by atoms with van der Waals surface area (Å²) in [5.74, 6) is -1.37. The van der Waals surface area contributed by atoms with Gasteiger partial charge in [0, 0.05) is 0 Å². The zero-order valence-corrected chi connectivity index (χ0v) is 12.9. The molecule has 0 bridgehead atoms. The van der Waals surface area contributed by atoms with Crippen molar-refractivity contribution in [2.24, 2.45) is 0 Å². The third-order valence-corrected chi connectivity index (χ3v) is 4.71. The van der Waals surface area contributed by atoms with Gasteiger partial charge in [-0.3, -0.25) is 4.72 Å². The van der Waals surface area contributed by atoms with Crippen molar-refractivity contribution in [1.82, 2.24) is 0 Å². The fourth-order valence-electron chi connectivity index (χ4n) is 1.42. The summed E-state index contributed by atoms with van der Waals surface area (Å²) < 4.78 is 52.8. The van der Waals surface area contributed by atoms with Crippen LogP contribution in [0.4, 0.5) is 14.5 Å². The second kappa shape index (κ2) is 5.67. The molecule has 0 saturated carbocycles. The molecule has 0 saturated heterocycles. The van der Waals surface area contributed by atoms with Crippen molar-refractivity contribution in [3.05, 3.63) is 57.5 Å². The predicted octanol–water partition coefficient (Wildman–Crippen LogP) is 4.18. The molecule has 0 amide bonds. The third-order valence-electron chi connectivity index (χ3n) is 2.37. The normalized spacial score (nSPS) is 11.4. The van der Waals surface area contributed by atoms with Gasteiger partial charge in [0.1, 0.15) is 11.6 Å². The van der Waals surface area contributed by atoms with Crippen molar-refractivity contribution in [3.8, 4) is 0 Å². The Hall–Kier alpha value is -1.18. The lowest BCUT2D eigenvalue weighted by atomic mass is 10.3. The molecular weight excluding hydrogens is 376 g/mol. The first-order valence-electron chi connectivity index (χ1n) is 5.22. The number of halogens is 4. The Balaban J connectivity index is 2.40. The highest BCUT2D eigenvalue weighted by atomic mass is 79.9. The van der Waals surface area contributed by atoms with Crippen LogP contribution in [-0.2, 0) is 10.0 Å². The molecule has 2 aromatic carbocycles. The summed E-state index contributed by atoms with van der Waals surface area (Å²) in [7, 11) is -4.05. The van der Waals surface area contributed by atoms with Crippen LogP contribution < -0.4 is 4.72 Å². The van der Waals surface area contributed by atoms with Gasteiger partial charge in [0.25, 0.3) is 10.0 Å². The van der Waals surface area contributed by atoms with E-state index in [1.807, 2.05) is 0 Å². The molecule has 8 heteroatoms. The van der Waals surface area contributed by atoms with E-state index in [4.69, 9.17) is 11.6 Å². The van der Waals surface area contributed by atoms with Crippen LogP contribution in [0.2, 0.25) is 5.02 Å². The molecule has 106 valence electrons. The SMILES string of the molecule is O=S(=O)(Nc1cc(F)ccc1Cl)c1ccc(Br)c(F)c1. The van der Waals surface area contributed by atoms with Crippen molar-refractivity contribution in [1.29, 1.82) is 0 Å². The van der Waals surface area contributed by atoms with Gasteiger partial charge >= 0.3 is 0 Å². The lowest BCUT2D eigenvalue weighted by Gasteiger charge is -2.10. The Morgan fingerprint density at radius 1 is 1.10 bits per heavy atom. The van der Waals surface area contributed by atoms with Gasteiger partial charge in [-0.15, -0.1) is 0 Å². The smallest absolute Gasteiger partial charge is 0.262 e. The van der Waals surface area contributed by atoms with E-state index in [9.17, 15) is 17.2 Å². The van der Waals surface area contributed by atoms with Gasteiger partial charge in [-0.1, -0.05) is 11.6 Å². The topological polar surface area (TPSA) is 46.2 Å². The number of hydrogen-bond donors (Lipinski definition) is 1. The fourth-order valence-corrected chi connectivity index (χ4v) is 2.97. The number of hydrogen-bond acceptors (Lipinski definition) is 2. The molecule has 0 aromatic heterocycles. The summed E-state index contributed by atoms with van der Waals surface area (Å²) in [6.45, 7) is 0. The molecule has 0 aliphatic rings. The van der Waals surface area contributed by atoms with Gasteiger partial charge in [-0.05, 0) is 52.3 Å². The van der Waals surface area contributed by atoms with Crippen LogP contribution >= 0.6 is 27.5 Å². The fraction of sp³-hybridized carbons (Fsp3) is 0. The van der Waals surface area contributed by atoms with E-state index >= 15 is 0 Å². The van der Waals surface area contributed by atoms with E-state index in [1.54, 1.807) is 0 Å². The summed E-state index contributed by atoms with van der Waals surface area (Å²) in [4.78, 5) is -0.293. The van der Waals surface area contributed by atoms with Crippen molar-refractivity contribution in [2.75, 3.05) is 4.72 Å². The van der Waals surface area contributed by atoms with E-state index in [0.29, 0.717) is 0 Å². The van der Waals surface area contributed by atoms with E-state index in [2.05, 4.69) is 20.7 Å². The summed E-state index contributed by atoms with van der Waals surface area (Å²) >= 11 is 8.69. The Bertz CT molecular complexity index is 768. The molecule has 20 heavy (non-hydrogen) atoms. The van der Waals surface area contributed by atoms with Crippen molar-refractivity contribution >= 4 is 43.2 Å². The highest BCUT2D eigenvalue weighted by Gasteiger charge is 2.17. The maximum atomic E-state index is 13.4. The maximum Gasteiger partial charge on any atom is 0.262 e. The molecule has 0 spiro atoms. The molecule has 0 radical (unpaired) electrons. The van der Waals surface area contributed by atoms with Crippen molar-refractivity contribution in [2.45, 2.75) is 4.90 Å². The van der Waals surface area contributed by atoms with E-state index in [0.717, 1.165) is 18.2 Å². The summed E-state index contributed by atoms with van der Waals surface area (Å²) in [6, 6.07) is 6.57. The zero-order chi connectivity index (χ0) is 14.9. The summed E-state index contributed by atoms with van der Waals surface area (Å²) in [5, 5.41) is 0.0348. The lowest BCUT2D eigenvalue weighted by Crippen LogP contribution is -2.13. The van der Waals surface area contributed by atoms with Crippen molar-refractivity contribution in [3.63, 3.8) is 0 Å². The minimum atomic E-state index is -4.05. The second-order valence-corrected chi connectivity index (χ2v) is 6.75. The third kappa shape index (κ3) is 3.28. The van der Waals surface area contributed by atoms with Crippen LogP contribution in [0.3, 0.4) is 0 Å². The molecule has 0 heterocycles. The maximum absolute atomic E-state index is 13.4. The van der Waals surface area contributed by atoms with Gasteiger partial charge in [-0.25, -0.2) is 17.2 Å². The van der Waals surface area contributed by atoms with Crippen LogP contribution in [0, 0.1) is 11.6 Å². The predicted molar refractivity (Wildman–Crippen MR) is 76.3 cm³/mol. The lowest BCUT2D eigenvalue weighted by molar-refractivity contribution is 0.593. The molecule has 0 atom stereocenters. The highest BCUT2D eigenvalue weighted by molar-refractivity contribution is 9.10. The number of rotatable bonds is 3. The monoisotopic (exact) mass is 381 g/mol. The molecular formula is C12H7BrClF2NO2S. The van der Waals surface area contributed by atoms with Crippen molar-refractivity contribution < 1.29 is 17.2 Å². The standard InChI is InChI=1S/C12H7BrClF2NO2S/c13-9-3-2-8(6-11(9)16)20(18,19)17-12-5-7(15)1-4-10(12)14/h1-6,17H. The second-order valence-electron chi connectivity index (χ2n) is 3.81. The number of sulfonamides is 1. The molecule has 2 rings (SSSR count). The molecule has 0 aliphatic heterocycles. The summed E-state index contributed by atoms with van der Waals surface area (Å²) in [5.41, 5.74) is -0.116. The molecule has 0 unspecified atom stereocenters. The van der Waals surface area contributed by atoms with Gasteiger partial charge in [0.05, 0.1) is 20.1 Å². The molecule has 0 aliphatic carbocycles. The molecule has 2 aromatic rings. The molecule has 3 nitrogen and oxygen atoms in total. The Labute approximate surface area is 127 Å². The first kappa shape index (κ1) is 15.2. The van der Waals surface area contributed by atoms with Crippen LogP contribution in [0.15, 0.2) is 45.8 Å². The Kier molecular flexibility index (Phi) is 4.31. The highest BCUT2D eigenvalue weighted by Crippen LogP contribution is 2.26. The first-order chi connectivity index (χ1) is 9.29. The quantitative estimate of drug-likeness (QED) is 0.865. The van der Waals surface area contributed by atoms with E-state index in [-0.39, 0.29) is 20.1 Å². The van der Waals surface area contributed by atoms with Gasteiger partial charge in [-0.2, -0.15) is 0 Å². The van der Waals surface area contributed by atoms with Crippen LogP contribution in [0.25, 0.3) is 0 Å². The number of benzene rings is 2. The molecule has 0 fully saturated rings.